The van der Waals surface area contributed by atoms with Crippen LogP contribution in [0, 0.1) is 17.6 Å². The Labute approximate surface area is 198 Å². The van der Waals surface area contributed by atoms with E-state index in [0.717, 1.165) is 22.7 Å². The minimum absolute atomic E-state index is 0.0323. The highest BCUT2D eigenvalue weighted by molar-refractivity contribution is 7.88. The molecule has 0 bridgehead atoms. The van der Waals surface area contributed by atoms with E-state index in [2.05, 4.69) is 10.6 Å². The monoisotopic (exact) mass is 500 g/mol. The van der Waals surface area contributed by atoms with Gasteiger partial charge >= 0.3 is 0 Å². The molecule has 0 aliphatic carbocycles. The zero-order valence-electron chi connectivity index (χ0n) is 19.7. The zero-order chi connectivity index (χ0) is 25.4. The topological polar surface area (TPSA) is 108 Å². The number of halogens is 2. The van der Waals surface area contributed by atoms with Crippen LogP contribution in [0.5, 0.6) is 5.75 Å². The minimum atomic E-state index is -3.69. The van der Waals surface area contributed by atoms with Crippen LogP contribution in [0.1, 0.15) is 27.2 Å². The molecule has 4 unspecified atom stereocenters. The van der Waals surface area contributed by atoms with Gasteiger partial charge in [0.2, 0.25) is 21.8 Å². The summed E-state index contributed by atoms with van der Waals surface area (Å²) in [5.41, 5.74) is 0. The number of carbonyl (C=O) groups excluding carboxylic acids is 2. The van der Waals surface area contributed by atoms with Crippen molar-refractivity contribution in [1.29, 1.82) is 0 Å². The summed E-state index contributed by atoms with van der Waals surface area (Å²) in [5, 5.41) is 5.59. The number of fused-ring (bicyclic) bond motifs is 1. The van der Waals surface area contributed by atoms with Gasteiger partial charge in [-0.1, -0.05) is 13.8 Å². The molecule has 1 aromatic rings. The Kier molecular flexibility index (Phi) is 7.51. The number of carbonyl (C=O) groups is 2. The van der Waals surface area contributed by atoms with Crippen LogP contribution in [0.25, 0.3) is 0 Å². The lowest BCUT2D eigenvalue weighted by Gasteiger charge is -2.32. The van der Waals surface area contributed by atoms with Gasteiger partial charge in [0.05, 0.1) is 24.5 Å². The molecule has 34 heavy (non-hydrogen) atoms. The molecule has 1 fully saturated rings. The number of hydrogen-bond donors (Lipinski definition) is 2. The van der Waals surface area contributed by atoms with Crippen LogP contribution in [-0.4, -0.2) is 73.5 Å². The third-order valence-corrected chi connectivity index (χ3v) is 7.23. The van der Waals surface area contributed by atoms with Gasteiger partial charge in [0.1, 0.15) is 23.6 Å². The second-order valence-corrected chi connectivity index (χ2v) is 10.8. The largest absolute Gasteiger partial charge is 0.458 e. The van der Waals surface area contributed by atoms with Gasteiger partial charge in [-0.15, -0.1) is 0 Å². The molecule has 1 saturated heterocycles. The van der Waals surface area contributed by atoms with Crippen molar-refractivity contribution in [3.8, 4) is 5.75 Å². The van der Waals surface area contributed by atoms with Crippen molar-refractivity contribution in [1.82, 2.24) is 19.8 Å². The number of sulfonamides is 1. The van der Waals surface area contributed by atoms with Crippen LogP contribution < -0.4 is 15.4 Å². The third-order valence-electron chi connectivity index (χ3n) is 6.09. The maximum Gasteiger partial charge on any atom is 0.246 e. The molecule has 0 radical (unpaired) electrons. The molecule has 2 N–H and O–H groups in total. The molecular formula is C22H30F2N4O5S. The maximum atomic E-state index is 13.7. The normalized spacial score (nSPS) is 21.8. The van der Waals surface area contributed by atoms with Gasteiger partial charge in [0.25, 0.3) is 0 Å². The minimum Gasteiger partial charge on any atom is -0.458 e. The fourth-order valence-corrected chi connectivity index (χ4v) is 5.14. The number of likely N-dealkylation sites (tertiary alicyclic amines) is 1. The van der Waals surface area contributed by atoms with E-state index < -0.39 is 45.8 Å². The number of nitrogens with zero attached hydrogens (tertiary/aromatic N) is 2. The highest BCUT2D eigenvalue weighted by Gasteiger charge is 2.51. The molecule has 4 atom stereocenters. The molecule has 188 valence electrons. The van der Waals surface area contributed by atoms with Crippen molar-refractivity contribution in [2.75, 3.05) is 19.8 Å². The van der Waals surface area contributed by atoms with Crippen LogP contribution in [-0.2, 0) is 19.6 Å². The first-order chi connectivity index (χ1) is 15.8. The van der Waals surface area contributed by atoms with Crippen molar-refractivity contribution in [3.63, 3.8) is 0 Å². The SMILES string of the molecule is CNC(C)C(=O)NC(C(=O)N1CCC2C1C(Oc1ccc(F)c(F)c1)=CN2S(C)(=O)=O)C(C)C. The van der Waals surface area contributed by atoms with E-state index in [1.54, 1.807) is 27.8 Å². The molecular weight excluding hydrogens is 470 g/mol. The third kappa shape index (κ3) is 5.17. The number of rotatable bonds is 8. The number of amides is 2. The average molecular weight is 501 g/mol. The van der Waals surface area contributed by atoms with Crippen molar-refractivity contribution in [2.24, 2.45) is 5.92 Å². The predicted octanol–water partition coefficient (Wildman–Crippen LogP) is 1.18. The van der Waals surface area contributed by atoms with Crippen LogP contribution in [0.2, 0.25) is 0 Å². The first kappa shape index (κ1) is 25.9. The van der Waals surface area contributed by atoms with Gasteiger partial charge in [0, 0.05) is 12.6 Å². The van der Waals surface area contributed by atoms with E-state index in [4.69, 9.17) is 4.74 Å². The van der Waals surface area contributed by atoms with E-state index >= 15 is 0 Å². The van der Waals surface area contributed by atoms with Crippen molar-refractivity contribution in [3.05, 3.63) is 41.8 Å². The quantitative estimate of drug-likeness (QED) is 0.555. The van der Waals surface area contributed by atoms with Gasteiger partial charge in [-0.2, -0.15) is 0 Å². The highest BCUT2D eigenvalue weighted by Crippen LogP contribution is 2.38. The molecule has 0 saturated carbocycles. The van der Waals surface area contributed by atoms with Crippen LogP contribution in [0.4, 0.5) is 8.78 Å². The van der Waals surface area contributed by atoms with E-state index in [9.17, 15) is 26.8 Å². The van der Waals surface area contributed by atoms with E-state index in [0.29, 0.717) is 6.42 Å². The van der Waals surface area contributed by atoms with Crippen molar-refractivity contribution in [2.45, 2.75) is 51.4 Å². The van der Waals surface area contributed by atoms with E-state index in [1.807, 2.05) is 0 Å². The maximum absolute atomic E-state index is 13.7. The second-order valence-electron chi connectivity index (χ2n) is 8.88. The average Bonchev–Trinajstić information content (AvgIpc) is 3.34. The Morgan fingerprint density at radius 3 is 2.41 bits per heavy atom. The lowest BCUT2D eigenvalue weighted by atomic mass is 10.0. The smallest absolute Gasteiger partial charge is 0.246 e. The van der Waals surface area contributed by atoms with Gasteiger partial charge in [0.15, 0.2) is 11.6 Å². The van der Waals surface area contributed by atoms with Crippen molar-refractivity contribution < 1.29 is 31.5 Å². The summed E-state index contributed by atoms with van der Waals surface area (Å²) in [7, 11) is -2.06. The molecule has 2 heterocycles. The Morgan fingerprint density at radius 2 is 1.85 bits per heavy atom. The Balaban J connectivity index is 1.92. The first-order valence-corrected chi connectivity index (χ1v) is 12.8. The van der Waals surface area contributed by atoms with E-state index in [-0.39, 0.29) is 35.8 Å². The summed E-state index contributed by atoms with van der Waals surface area (Å²) in [5.74, 6) is -3.05. The summed E-state index contributed by atoms with van der Waals surface area (Å²) >= 11 is 0. The number of benzene rings is 1. The molecule has 2 aliphatic rings. The zero-order valence-corrected chi connectivity index (χ0v) is 20.5. The molecule has 12 heteroatoms. The molecule has 2 amide bonds. The predicted molar refractivity (Wildman–Crippen MR) is 121 cm³/mol. The van der Waals surface area contributed by atoms with Crippen LogP contribution in [0.3, 0.4) is 0 Å². The highest BCUT2D eigenvalue weighted by atomic mass is 32.2. The fourth-order valence-electron chi connectivity index (χ4n) is 4.14. The lowest BCUT2D eigenvalue weighted by Crippen LogP contribution is -2.56. The number of ether oxygens (including phenoxy) is 1. The number of likely N-dealkylation sites (N-methyl/N-ethyl adjacent to an activating group) is 1. The molecule has 3 rings (SSSR count). The summed E-state index contributed by atoms with van der Waals surface area (Å²) in [6.07, 6.45) is 2.66. The Morgan fingerprint density at radius 1 is 1.18 bits per heavy atom. The van der Waals surface area contributed by atoms with Gasteiger partial charge in [-0.3, -0.25) is 13.9 Å². The Bertz CT molecular complexity index is 1090. The van der Waals surface area contributed by atoms with Gasteiger partial charge in [-0.25, -0.2) is 17.2 Å². The molecule has 0 aromatic heterocycles. The molecule has 2 aliphatic heterocycles. The molecule has 0 spiro atoms. The molecule has 9 nitrogen and oxygen atoms in total. The standard InChI is InChI=1S/C22H30F2N4O5S/c1-12(2)19(26-21(29)13(3)25-4)22(30)27-9-8-17-20(27)18(11-28(17)34(5,31)32)33-14-6-7-15(23)16(24)10-14/h6-7,10-13,17,19-20,25H,8-9H2,1-5H3,(H,26,29). The van der Waals surface area contributed by atoms with Gasteiger partial charge in [-0.05, 0) is 38.4 Å². The van der Waals surface area contributed by atoms with Crippen molar-refractivity contribution >= 4 is 21.8 Å². The Hall–Kier alpha value is -2.73. The second kappa shape index (κ2) is 9.87. The summed E-state index contributed by atoms with van der Waals surface area (Å²) in [4.78, 5) is 27.5. The van der Waals surface area contributed by atoms with E-state index in [1.165, 1.54) is 17.2 Å². The first-order valence-electron chi connectivity index (χ1n) is 11.0. The summed E-state index contributed by atoms with van der Waals surface area (Å²) in [6.45, 7) is 5.50. The fraction of sp³-hybridized carbons (Fsp3) is 0.545. The number of nitrogens with one attached hydrogen (secondary N) is 2. The summed E-state index contributed by atoms with van der Waals surface area (Å²) < 4.78 is 58.7. The molecule has 1 aromatic carbocycles. The lowest BCUT2D eigenvalue weighted by molar-refractivity contribution is -0.138. The van der Waals surface area contributed by atoms with Gasteiger partial charge < -0.3 is 20.3 Å². The van der Waals surface area contributed by atoms with Crippen LogP contribution in [0.15, 0.2) is 30.2 Å². The summed E-state index contributed by atoms with van der Waals surface area (Å²) in [6, 6.07) is 0.213. The number of hydrogen-bond acceptors (Lipinski definition) is 6. The van der Waals surface area contributed by atoms with Crippen LogP contribution >= 0.6 is 0 Å².